The number of nitrogens with zero attached hydrogens (tertiary/aromatic N) is 2. The van der Waals surface area contributed by atoms with E-state index >= 15 is 0 Å². The van der Waals surface area contributed by atoms with Gasteiger partial charge in [-0.3, -0.25) is 0 Å². The van der Waals surface area contributed by atoms with Gasteiger partial charge in [-0.2, -0.15) is 4.98 Å². The smallest absolute Gasteiger partial charge is 0.336 e. The molecule has 4 aromatic rings. The molecule has 23 heavy (non-hydrogen) atoms. The first-order valence-electron chi connectivity index (χ1n) is 6.81. The van der Waals surface area contributed by atoms with Crippen LogP contribution in [0.1, 0.15) is 5.89 Å². The van der Waals surface area contributed by atoms with Crippen LogP contribution in [0.4, 0.5) is 0 Å². The molecule has 3 aromatic heterocycles. The van der Waals surface area contributed by atoms with Crippen LogP contribution in [-0.4, -0.2) is 10.1 Å². The summed E-state index contributed by atoms with van der Waals surface area (Å²) in [6, 6.07) is 12.2. The van der Waals surface area contributed by atoms with Crippen LogP contribution < -0.4 is 10.4 Å². The van der Waals surface area contributed by atoms with Gasteiger partial charge in [-0.1, -0.05) is 11.2 Å². The Morgan fingerprint density at radius 3 is 2.96 bits per heavy atom. The fourth-order valence-corrected chi connectivity index (χ4v) is 2.74. The quantitative estimate of drug-likeness (QED) is 0.534. The number of fused-ring (bicyclic) bond motifs is 1. The van der Waals surface area contributed by atoms with Crippen LogP contribution >= 0.6 is 11.3 Å². The normalized spacial score (nSPS) is 11.0. The summed E-state index contributed by atoms with van der Waals surface area (Å²) in [6.07, 6.45) is 0. The predicted molar refractivity (Wildman–Crippen MR) is 84.4 cm³/mol. The lowest BCUT2D eigenvalue weighted by Gasteiger charge is -2.03. The van der Waals surface area contributed by atoms with E-state index in [2.05, 4.69) is 10.1 Å². The summed E-state index contributed by atoms with van der Waals surface area (Å²) in [5.41, 5.74) is 0.0759. The Morgan fingerprint density at radius 2 is 2.09 bits per heavy atom. The van der Waals surface area contributed by atoms with Crippen molar-refractivity contribution in [3.8, 4) is 16.5 Å². The number of benzene rings is 1. The monoisotopic (exact) mass is 326 g/mol. The fourth-order valence-electron chi connectivity index (χ4n) is 2.10. The number of hydrogen-bond acceptors (Lipinski definition) is 7. The summed E-state index contributed by atoms with van der Waals surface area (Å²) in [5.74, 6) is 1.48. The molecule has 3 heterocycles. The molecule has 6 nitrogen and oxygen atoms in total. The zero-order chi connectivity index (χ0) is 15.6. The van der Waals surface area contributed by atoms with Crippen molar-refractivity contribution in [2.75, 3.05) is 0 Å². The van der Waals surface area contributed by atoms with Crippen LogP contribution in [0.5, 0.6) is 5.75 Å². The average Bonchev–Trinajstić information content (AvgIpc) is 3.23. The second-order valence-corrected chi connectivity index (χ2v) is 5.68. The van der Waals surface area contributed by atoms with Gasteiger partial charge in [0, 0.05) is 17.5 Å². The standard InChI is InChI=1S/C16H10N2O4S/c19-15-6-4-10-3-5-11(8-12(10)21-15)20-9-14-17-16(18-22-14)13-2-1-7-23-13/h1-8H,9H2. The minimum atomic E-state index is -0.396. The molecule has 1 aromatic carbocycles. The van der Waals surface area contributed by atoms with Crippen molar-refractivity contribution < 1.29 is 13.7 Å². The SMILES string of the molecule is O=c1ccc2ccc(OCc3nc(-c4cccs4)no3)cc2o1. The Hall–Kier alpha value is -2.93. The zero-order valence-corrected chi connectivity index (χ0v) is 12.6. The fraction of sp³-hybridized carbons (Fsp3) is 0.0625. The maximum Gasteiger partial charge on any atom is 0.336 e. The summed E-state index contributed by atoms with van der Waals surface area (Å²) in [6.45, 7) is 0.140. The number of ether oxygens (including phenoxy) is 1. The molecule has 0 bridgehead atoms. The van der Waals surface area contributed by atoms with Crippen LogP contribution in [0.25, 0.3) is 21.7 Å². The molecule has 4 rings (SSSR count). The van der Waals surface area contributed by atoms with Crippen molar-refractivity contribution in [2.24, 2.45) is 0 Å². The van der Waals surface area contributed by atoms with Gasteiger partial charge in [0.2, 0.25) is 5.82 Å². The lowest BCUT2D eigenvalue weighted by molar-refractivity contribution is 0.243. The van der Waals surface area contributed by atoms with Crippen molar-refractivity contribution in [3.05, 3.63) is 64.2 Å². The van der Waals surface area contributed by atoms with Gasteiger partial charge < -0.3 is 13.7 Å². The van der Waals surface area contributed by atoms with E-state index in [0.717, 1.165) is 10.3 Å². The average molecular weight is 326 g/mol. The van der Waals surface area contributed by atoms with Crippen molar-refractivity contribution in [1.29, 1.82) is 0 Å². The van der Waals surface area contributed by atoms with E-state index < -0.39 is 5.63 Å². The summed E-state index contributed by atoms with van der Waals surface area (Å²) in [4.78, 5) is 16.5. The molecular weight excluding hydrogens is 316 g/mol. The zero-order valence-electron chi connectivity index (χ0n) is 11.8. The molecule has 0 fully saturated rings. The molecule has 0 spiro atoms. The largest absolute Gasteiger partial charge is 0.484 e. The van der Waals surface area contributed by atoms with E-state index in [1.54, 1.807) is 18.2 Å². The lowest BCUT2D eigenvalue weighted by Crippen LogP contribution is -1.97. The van der Waals surface area contributed by atoms with E-state index in [9.17, 15) is 4.79 Å². The Morgan fingerprint density at radius 1 is 1.17 bits per heavy atom. The van der Waals surface area contributed by atoms with E-state index in [1.165, 1.54) is 17.4 Å². The highest BCUT2D eigenvalue weighted by Crippen LogP contribution is 2.23. The number of hydrogen-bond donors (Lipinski definition) is 0. The van der Waals surface area contributed by atoms with Crippen LogP contribution in [0.3, 0.4) is 0 Å². The molecule has 0 aliphatic heterocycles. The third-order valence-corrected chi connectivity index (χ3v) is 4.03. The maximum absolute atomic E-state index is 11.2. The Labute approximate surface area is 133 Å². The highest BCUT2D eigenvalue weighted by Gasteiger charge is 2.10. The van der Waals surface area contributed by atoms with Crippen LogP contribution in [-0.2, 0) is 6.61 Å². The predicted octanol–water partition coefficient (Wildman–Crippen LogP) is 3.48. The van der Waals surface area contributed by atoms with Gasteiger partial charge in [0.05, 0.1) is 4.88 Å². The van der Waals surface area contributed by atoms with E-state index in [1.807, 2.05) is 23.6 Å². The lowest BCUT2D eigenvalue weighted by atomic mass is 10.2. The van der Waals surface area contributed by atoms with E-state index in [4.69, 9.17) is 13.7 Å². The molecule has 0 aliphatic carbocycles. The van der Waals surface area contributed by atoms with Gasteiger partial charge in [-0.25, -0.2) is 4.79 Å². The molecule has 0 unspecified atom stereocenters. The Balaban J connectivity index is 1.51. The third kappa shape index (κ3) is 2.86. The van der Waals surface area contributed by atoms with Crippen molar-refractivity contribution >= 4 is 22.3 Å². The molecule has 0 amide bonds. The summed E-state index contributed by atoms with van der Waals surface area (Å²) in [5, 5.41) is 6.69. The molecule has 0 aliphatic rings. The molecule has 0 N–H and O–H groups in total. The molecule has 0 atom stereocenters. The van der Waals surface area contributed by atoms with Gasteiger partial charge in [0.15, 0.2) is 6.61 Å². The van der Waals surface area contributed by atoms with Gasteiger partial charge in [0.25, 0.3) is 5.89 Å². The van der Waals surface area contributed by atoms with Gasteiger partial charge in [0.1, 0.15) is 11.3 Å². The molecule has 7 heteroatoms. The Kier molecular flexibility index (Phi) is 3.39. The molecule has 0 saturated carbocycles. The molecular formula is C16H10N2O4S. The van der Waals surface area contributed by atoms with Gasteiger partial charge >= 0.3 is 5.63 Å². The second-order valence-electron chi connectivity index (χ2n) is 4.73. The van der Waals surface area contributed by atoms with Crippen LogP contribution in [0.2, 0.25) is 0 Å². The molecule has 0 radical (unpaired) electrons. The maximum atomic E-state index is 11.2. The number of rotatable bonds is 4. The summed E-state index contributed by atoms with van der Waals surface area (Å²) < 4.78 is 15.9. The summed E-state index contributed by atoms with van der Waals surface area (Å²) >= 11 is 1.54. The minimum Gasteiger partial charge on any atom is -0.484 e. The van der Waals surface area contributed by atoms with Crippen molar-refractivity contribution in [2.45, 2.75) is 6.61 Å². The first kappa shape index (κ1) is 13.7. The molecule has 0 saturated heterocycles. The topological polar surface area (TPSA) is 78.4 Å². The van der Waals surface area contributed by atoms with Crippen LogP contribution in [0, 0.1) is 0 Å². The Bertz CT molecular complexity index is 1000. The third-order valence-electron chi connectivity index (χ3n) is 3.17. The minimum absolute atomic E-state index is 0.140. The number of thiophene rings is 1. The highest BCUT2D eigenvalue weighted by molar-refractivity contribution is 7.13. The van der Waals surface area contributed by atoms with Crippen molar-refractivity contribution in [3.63, 3.8) is 0 Å². The first-order chi connectivity index (χ1) is 11.3. The van der Waals surface area contributed by atoms with Crippen LogP contribution in [0.15, 0.2) is 61.6 Å². The highest BCUT2D eigenvalue weighted by atomic mass is 32.1. The number of aromatic nitrogens is 2. The van der Waals surface area contributed by atoms with Gasteiger partial charge in [-0.15, -0.1) is 11.3 Å². The molecule has 114 valence electrons. The van der Waals surface area contributed by atoms with E-state index in [-0.39, 0.29) is 6.61 Å². The van der Waals surface area contributed by atoms with E-state index in [0.29, 0.717) is 23.0 Å². The first-order valence-corrected chi connectivity index (χ1v) is 7.69. The van der Waals surface area contributed by atoms with Gasteiger partial charge in [-0.05, 0) is 29.6 Å². The van der Waals surface area contributed by atoms with Crippen molar-refractivity contribution in [1.82, 2.24) is 10.1 Å². The summed E-state index contributed by atoms with van der Waals surface area (Å²) in [7, 11) is 0. The second kappa shape index (κ2) is 5.69.